The first-order valence-electron chi connectivity index (χ1n) is 10.4. The van der Waals surface area contributed by atoms with E-state index in [1.807, 2.05) is 23.1 Å². The zero-order valence-corrected chi connectivity index (χ0v) is 19.8. The van der Waals surface area contributed by atoms with Gasteiger partial charge < -0.3 is 4.90 Å². The van der Waals surface area contributed by atoms with E-state index in [1.165, 1.54) is 18.2 Å². The molecule has 0 aromatic heterocycles. The number of nitrogens with zero attached hydrogens (tertiary/aromatic N) is 2. The van der Waals surface area contributed by atoms with Gasteiger partial charge in [0, 0.05) is 22.6 Å². The summed E-state index contributed by atoms with van der Waals surface area (Å²) in [6.45, 7) is 2.83. The molecule has 2 heterocycles. The van der Waals surface area contributed by atoms with Crippen molar-refractivity contribution < 1.29 is 9.59 Å². The largest absolute Gasteiger partial charge is 0.308 e. The highest BCUT2D eigenvalue weighted by atomic mass is 79.9. The Bertz CT molecular complexity index is 893. The van der Waals surface area contributed by atoms with Gasteiger partial charge in [0.15, 0.2) is 0 Å². The number of benzene rings is 1. The van der Waals surface area contributed by atoms with Crippen molar-refractivity contribution in [3.05, 3.63) is 33.1 Å². The van der Waals surface area contributed by atoms with Gasteiger partial charge in [0.2, 0.25) is 0 Å². The minimum atomic E-state index is -0.0865. The molecule has 2 fully saturated rings. The van der Waals surface area contributed by atoms with Crippen molar-refractivity contribution in [3.8, 4) is 0 Å². The molecule has 0 N–H and O–H groups in total. The van der Waals surface area contributed by atoms with Gasteiger partial charge in [0.1, 0.15) is 4.32 Å². The molecular weight excluding hydrogens is 468 g/mol. The summed E-state index contributed by atoms with van der Waals surface area (Å²) >= 11 is 10.4. The first-order valence-corrected chi connectivity index (χ1v) is 12.5. The van der Waals surface area contributed by atoms with Crippen molar-refractivity contribution in [3.63, 3.8) is 0 Å². The highest BCUT2D eigenvalue weighted by molar-refractivity contribution is 9.10. The smallest absolute Gasteiger partial charge is 0.267 e. The van der Waals surface area contributed by atoms with Crippen molar-refractivity contribution in [1.82, 2.24) is 4.90 Å². The molecule has 0 spiro atoms. The van der Waals surface area contributed by atoms with Gasteiger partial charge in [-0.1, -0.05) is 78.9 Å². The number of thioether (sulfide) groups is 1. The molecule has 0 bridgehead atoms. The standard InChI is InChI=1S/C22H25BrN2O2S2/c1-2-3-7-12-24-17-11-10-14(23)13-16(17)18(20(24)26)19-21(27)25(22(28)29-19)15-8-5-4-6-9-15/h10-11,13,15H,2-9,12H2,1H3. The van der Waals surface area contributed by atoms with E-state index in [4.69, 9.17) is 12.2 Å². The first kappa shape index (κ1) is 21.1. The monoisotopic (exact) mass is 492 g/mol. The molecule has 29 heavy (non-hydrogen) atoms. The van der Waals surface area contributed by atoms with E-state index >= 15 is 0 Å². The van der Waals surface area contributed by atoms with E-state index in [0.717, 1.165) is 60.7 Å². The molecule has 0 atom stereocenters. The SMILES string of the molecule is CCCCCN1C(=O)C(=C2SC(=S)N(C3CCCCC3)C2=O)c2cc(Br)ccc21. The molecule has 154 valence electrons. The lowest BCUT2D eigenvalue weighted by Crippen LogP contribution is -2.40. The summed E-state index contributed by atoms with van der Waals surface area (Å²) in [6, 6.07) is 6.05. The zero-order valence-electron chi connectivity index (χ0n) is 16.6. The Kier molecular flexibility index (Phi) is 6.47. The maximum atomic E-state index is 13.4. The van der Waals surface area contributed by atoms with Gasteiger partial charge in [0.05, 0.1) is 16.2 Å². The van der Waals surface area contributed by atoms with Crippen LogP contribution in [0.3, 0.4) is 0 Å². The maximum Gasteiger partial charge on any atom is 0.267 e. The molecule has 4 rings (SSSR count). The van der Waals surface area contributed by atoms with Crippen LogP contribution in [0.2, 0.25) is 0 Å². The minimum Gasteiger partial charge on any atom is -0.308 e. The second kappa shape index (κ2) is 8.90. The van der Waals surface area contributed by atoms with E-state index < -0.39 is 0 Å². The van der Waals surface area contributed by atoms with Crippen molar-refractivity contribution in [1.29, 1.82) is 0 Å². The van der Waals surface area contributed by atoms with Gasteiger partial charge in [-0.2, -0.15) is 0 Å². The number of fused-ring (bicyclic) bond motifs is 1. The van der Waals surface area contributed by atoms with Crippen LogP contribution in [-0.4, -0.2) is 33.6 Å². The van der Waals surface area contributed by atoms with E-state index in [9.17, 15) is 9.59 Å². The molecule has 7 heteroatoms. The molecule has 2 aliphatic heterocycles. The molecule has 0 radical (unpaired) electrons. The third-order valence-corrected chi connectivity index (χ3v) is 7.82. The third-order valence-electron chi connectivity index (χ3n) is 5.93. The number of halogens is 1. The Morgan fingerprint density at radius 2 is 1.90 bits per heavy atom. The molecular formula is C22H25BrN2O2S2. The molecule has 1 saturated carbocycles. The fraction of sp³-hybridized carbons (Fsp3) is 0.500. The van der Waals surface area contributed by atoms with Crippen LogP contribution < -0.4 is 4.90 Å². The number of carbonyl (C=O) groups is 2. The number of unbranched alkanes of at least 4 members (excludes halogenated alkanes) is 2. The van der Waals surface area contributed by atoms with Gasteiger partial charge in [-0.3, -0.25) is 14.5 Å². The molecule has 3 aliphatic rings. The van der Waals surface area contributed by atoms with Crippen LogP contribution in [0.25, 0.3) is 5.57 Å². The average molecular weight is 493 g/mol. The molecule has 1 saturated heterocycles. The van der Waals surface area contributed by atoms with Gasteiger partial charge >= 0.3 is 0 Å². The fourth-order valence-electron chi connectivity index (χ4n) is 4.45. The van der Waals surface area contributed by atoms with Gasteiger partial charge in [-0.05, 0) is 37.5 Å². The quantitative estimate of drug-likeness (QED) is 0.291. The third kappa shape index (κ3) is 3.93. The van der Waals surface area contributed by atoms with Crippen LogP contribution in [0.15, 0.2) is 27.6 Å². The van der Waals surface area contributed by atoms with Crippen LogP contribution in [0.4, 0.5) is 5.69 Å². The van der Waals surface area contributed by atoms with Gasteiger partial charge in [-0.15, -0.1) is 0 Å². The normalized spacial score (nSPS) is 22.8. The number of amides is 2. The summed E-state index contributed by atoms with van der Waals surface area (Å²) in [5.74, 6) is -0.157. The molecule has 1 aromatic rings. The number of anilines is 1. The average Bonchev–Trinajstić information content (AvgIpc) is 3.15. The molecule has 4 nitrogen and oxygen atoms in total. The highest BCUT2D eigenvalue weighted by Gasteiger charge is 2.44. The lowest BCUT2D eigenvalue weighted by atomic mass is 9.94. The van der Waals surface area contributed by atoms with Gasteiger partial charge in [0.25, 0.3) is 11.8 Å². The van der Waals surface area contributed by atoms with Crippen LogP contribution >= 0.6 is 39.9 Å². The number of carbonyl (C=O) groups excluding carboxylic acids is 2. The molecule has 1 aromatic carbocycles. The molecule has 1 aliphatic carbocycles. The summed E-state index contributed by atoms with van der Waals surface area (Å²) in [5, 5.41) is 0. The second-order valence-corrected chi connectivity index (χ2v) is 10.4. The van der Waals surface area contributed by atoms with Crippen LogP contribution in [0.1, 0.15) is 63.9 Å². The van der Waals surface area contributed by atoms with Crippen LogP contribution in [0.5, 0.6) is 0 Å². The summed E-state index contributed by atoms with van der Waals surface area (Å²) in [6.07, 6.45) is 8.60. The Hall–Kier alpha value is -1.18. The van der Waals surface area contributed by atoms with E-state index in [1.54, 1.807) is 4.90 Å². The zero-order chi connectivity index (χ0) is 20.5. The number of hydrogen-bond donors (Lipinski definition) is 0. The summed E-state index contributed by atoms with van der Waals surface area (Å²) in [5.41, 5.74) is 2.26. The van der Waals surface area contributed by atoms with Gasteiger partial charge in [-0.25, -0.2) is 0 Å². The van der Waals surface area contributed by atoms with Crippen LogP contribution in [-0.2, 0) is 9.59 Å². The predicted molar refractivity (Wildman–Crippen MR) is 127 cm³/mol. The molecule has 0 unspecified atom stereocenters. The summed E-state index contributed by atoms with van der Waals surface area (Å²) < 4.78 is 1.50. The Balaban J connectivity index is 1.72. The number of thiocarbonyl (C=S) groups is 1. The summed E-state index contributed by atoms with van der Waals surface area (Å²) in [7, 11) is 0. The first-order chi connectivity index (χ1) is 14.0. The lowest BCUT2D eigenvalue weighted by molar-refractivity contribution is -0.124. The van der Waals surface area contributed by atoms with E-state index in [0.29, 0.717) is 21.3 Å². The Morgan fingerprint density at radius 3 is 2.62 bits per heavy atom. The molecule has 2 amide bonds. The number of rotatable bonds is 5. The van der Waals surface area contributed by atoms with Crippen LogP contribution in [0, 0.1) is 0 Å². The fourth-order valence-corrected chi connectivity index (χ4v) is 6.28. The van der Waals surface area contributed by atoms with Crippen molar-refractivity contribution in [2.45, 2.75) is 64.3 Å². The summed E-state index contributed by atoms with van der Waals surface area (Å²) in [4.78, 5) is 30.9. The van der Waals surface area contributed by atoms with Crippen molar-refractivity contribution in [2.24, 2.45) is 0 Å². The minimum absolute atomic E-state index is 0.0710. The second-order valence-electron chi connectivity index (χ2n) is 7.86. The van der Waals surface area contributed by atoms with Crippen molar-refractivity contribution in [2.75, 3.05) is 11.4 Å². The topological polar surface area (TPSA) is 40.6 Å². The Labute approximate surface area is 190 Å². The maximum absolute atomic E-state index is 13.4. The van der Waals surface area contributed by atoms with E-state index in [2.05, 4.69) is 22.9 Å². The predicted octanol–water partition coefficient (Wildman–Crippen LogP) is 5.89. The Morgan fingerprint density at radius 1 is 1.14 bits per heavy atom. The lowest BCUT2D eigenvalue weighted by Gasteiger charge is -2.29. The van der Waals surface area contributed by atoms with Crippen molar-refractivity contribution >= 4 is 67.3 Å². The number of hydrogen-bond acceptors (Lipinski definition) is 4. The highest BCUT2D eigenvalue weighted by Crippen LogP contribution is 2.46. The van der Waals surface area contributed by atoms with E-state index in [-0.39, 0.29) is 17.9 Å².